The van der Waals surface area contributed by atoms with Crippen LogP contribution in [0.1, 0.15) is 38.8 Å². The fourth-order valence-corrected chi connectivity index (χ4v) is 4.83. The van der Waals surface area contributed by atoms with E-state index in [9.17, 15) is 25.2 Å². The number of hydrogen-bond acceptors (Lipinski definition) is 1. The summed E-state index contributed by atoms with van der Waals surface area (Å²) in [4.78, 5) is 2.32. The molecule has 0 aliphatic carbocycles. The van der Waals surface area contributed by atoms with Crippen molar-refractivity contribution in [2.45, 2.75) is 38.5 Å². The SMILES string of the molecule is CN1/C(=C/C=C/C2=[N+](C)c3ccccc3C2(C)C)C(C)(C)c2ccccc21.F[P-](F)(F)(F)(F)F. The average Bonchev–Trinajstić information content (AvgIpc) is 3.00. The third-order valence-corrected chi connectivity index (χ3v) is 6.39. The normalized spacial score (nSPS) is 21.6. The molecule has 34 heavy (non-hydrogen) atoms. The van der Waals surface area contributed by atoms with Crippen molar-refractivity contribution in [2.75, 3.05) is 19.0 Å². The van der Waals surface area contributed by atoms with E-state index < -0.39 is 7.81 Å². The molecule has 2 nitrogen and oxygen atoms in total. The summed E-state index contributed by atoms with van der Waals surface area (Å²) in [6.07, 6.45) is 6.78. The molecule has 0 aromatic heterocycles. The van der Waals surface area contributed by atoms with Gasteiger partial charge in [-0.2, -0.15) is 4.58 Å². The van der Waals surface area contributed by atoms with Gasteiger partial charge in [-0.25, -0.2) is 0 Å². The van der Waals surface area contributed by atoms with Crippen LogP contribution >= 0.6 is 7.81 Å². The van der Waals surface area contributed by atoms with E-state index in [4.69, 9.17) is 0 Å². The van der Waals surface area contributed by atoms with Crippen molar-refractivity contribution in [2.24, 2.45) is 0 Å². The molecule has 0 fully saturated rings. The Kier molecular flexibility index (Phi) is 5.70. The number of para-hydroxylation sites is 2. The van der Waals surface area contributed by atoms with Crippen molar-refractivity contribution < 1.29 is 29.8 Å². The van der Waals surface area contributed by atoms with Gasteiger partial charge in [0.25, 0.3) is 0 Å². The summed E-state index contributed by atoms with van der Waals surface area (Å²) in [7, 11) is -6.32. The van der Waals surface area contributed by atoms with Crippen LogP contribution < -0.4 is 4.90 Å². The van der Waals surface area contributed by atoms with Crippen molar-refractivity contribution in [3.63, 3.8) is 0 Å². The van der Waals surface area contributed by atoms with Crippen LogP contribution in [-0.4, -0.2) is 24.4 Å². The Hall–Kier alpha value is -2.60. The van der Waals surface area contributed by atoms with Crippen molar-refractivity contribution in [3.8, 4) is 0 Å². The van der Waals surface area contributed by atoms with E-state index in [-0.39, 0.29) is 10.8 Å². The van der Waals surface area contributed by atoms with Gasteiger partial charge >= 0.3 is 33.0 Å². The predicted octanol–water partition coefficient (Wildman–Crippen LogP) is 8.94. The number of rotatable bonds is 2. The topological polar surface area (TPSA) is 6.25 Å². The number of halogens is 6. The molecule has 0 saturated carbocycles. The van der Waals surface area contributed by atoms with Gasteiger partial charge < -0.3 is 4.90 Å². The molecular weight excluding hydrogens is 473 g/mol. The van der Waals surface area contributed by atoms with Gasteiger partial charge in [0.05, 0.1) is 5.41 Å². The molecule has 0 radical (unpaired) electrons. The number of likely N-dealkylation sites (N-methyl/N-ethyl adjacent to an activating group) is 1. The molecule has 0 N–H and O–H groups in total. The van der Waals surface area contributed by atoms with E-state index in [1.54, 1.807) is 0 Å². The van der Waals surface area contributed by atoms with Crippen LogP contribution in [0.2, 0.25) is 0 Å². The summed E-state index contributed by atoms with van der Waals surface area (Å²) in [5, 5.41) is 0. The molecule has 2 aromatic carbocycles. The molecule has 0 saturated heterocycles. The first-order chi connectivity index (χ1) is 15.2. The fourth-order valence-electron chi connectivity index (χ4n) is 4.83. The van der Waals surface area contributed by atoms with Crippen LogP contribution in [0.15, 0.2) is 72.5 Å². The van der Waals surface area contributed by atoms with Crippen LogP contribution in [0, 0.1) is 0 Å². The van der Waals surface area contributed by atoms with Crippen LogP contribution in [-0.2, 0) is 10.8 Å². The summed E-state index contributed by atoms with van der Waals surface area (Å²) in [5.41, 5.74) is 8.09. The van der Waals surface area contributed by atoms with E-state index >= 15 is 0 Å². The summed E-state index contributed by atoms with van der Waals surface area (Å²) >= 11 is 0. The second kappa shape index (κ2) is 7.45. The van der Waals surface area contributed by atoms with Crippen molar-refractivity contribution in [1.82, 2.24) is 0 Å². The molecule has 2 aromatic rings. The van der Waals surface area contributed by atoms with Crippen LogP contribution in [0.3, 0.4) is 0 Å². The van der Waals surface area contributed by atoms with Crippen molar-refractivity contribution in [1.29, 1.82) is 0 Å². The molecule has 0 spiro atoms. The van der Waals surface area contributed by atoms with E-state index in [0.717, 1.165) is 0 Å². The van der Waals surface area contributed by atoms with E-state index in [0.29, 0.717) is 0 Å². The van der Waals surface area contributed by atoms with Crippen molar-refractivity contribution >= 4 is 24.9 Å². The van der Waals surface area contributed by atoms with E-state index in [1.807, 2.05) is 0 Å². The monoisotopic (exact) mass is 502 g/mol. The Balaban J connectivity index is 0.000000406. The van der Waals surface area contributed by atoms with Gasteiger partial charge in [-0.3, -0.25) is 0 Å². The fraction of sp³-hybridized carbons (Fsp3) is 0.320. The van der Waals surface area contributed by atoms with E-state index in [2.05, 4.69) is 118 Å². The van der Waals surface area contributed by atoms with Gasteiger partial charge in [0, 0.05) is 41.6 Å². The Bertz CT molecular complexity index is 1210. The summed E-state index contributed by atoms with van der Waals surface area (Å²) in [6.45, 7) is 9.24. The molecule has 9 heteroatoms. The van der Waals surface area contributed by atoms with Crippen LogP contribution in [0.4, 0.5) is 36.6 Å². The zero-order valence-electron chi connectivity index (χ0n) is 20.0. The summed E-state index contributed by atoms with van der Waals surface area (Å²) in [5.74, 6) is 0. The number of hydrogen-bond donors (Lipinski definition) is 0. The third-order valence-electron chi connectivity index (χ3n) is 6.39. The maximum atomic E-state index is 9.87. The number of nitrogens with zero attached hydrogens (tertiary/aromatic N) is 2. The molecule has 186 valence electrons. The molecule has 2 aliphatic heterocycles. The number of fused-ring (bicyclic) bond motifs is 2. The Labute approximate surface area is 196 Å². The average molecular weight is 502 g/mol. The molecular formula is C25H29F6N2P. The Morgan fingerprint density at radius 2 is 1.29 bits per heavy atom. The first kappa shape index (κ1) is 26.0. The zero-order valence-corrected chi connectivity index (χ0v) is 20.9. The predicted molar refractivity (Wildman–Crippen MR) is 129 cm³/mol. The molecule has 0 unspecified atom stereocenters. The number of anilines is 1. The molecule has 2 aliphatic rings. The molecule has 0 atom stereocenters. The standard InChI is InChI=1S/C25H29N2.F6P/c1-24(2)18-12-7-9-14-20(18)26(5)22(24)16-11-17-23-25(3,4)19-13-8-10-15-21(19)27(23)6;1-7(2,3,4,5)6/h7-17H,1-6H3;/q+1;-1. The molecule has 4 rings (SSSR count). The third kappa shape index (κ3) is 5.54. The second-order valence-corrected chi connectivity index (χ2v) is 11.6. The Morgan fingerprint density at radius 1 is 0.794 bits per heavy atom. The van der Waals surface area contributed by atoms with Gasteiger partial charge in [0.2, 0.25) is 5.69 Å². The minimum atomic E-state index is -10.7. The van der Waals surface area contributed by atoms with E-state index in [1.165, 1.54) is 33.9 Å². The maximum absolute atomic E-state index is 10.7. The van der Waals surface area contributed by atoms with Gasteiger partial charge in [-0.05, 0) is 31.6 Å². The van der Waals surface area contributed by atoms with Crippen LogP contribution in [0.5, 0.6) is 0 Å². The molecule has 2 heterocycles. The quantitative estimate of drug-likeness (QED) is 0.226. The first-order valence-electron chi connectivity index (χ1n) is 10.7. The summed E-state index contributed by atoms with van der Waals surface area (Å²) < 4.78 is 61.5. The number of benzene rings is 2. The van der Waals surface area contributed by atoms with Crippen LogP contribution in [0.25, 0.3) is 0 Å². The second-order valence-electron chi connectivity index (χ2n) is 9.66. The first-order valence-corrected chi connectivity index (χ1v) is 12.7. The van der Waals surface area contributed by atoms with Gasteiger partial charge in [0.15, 0.2) is 5.71 Å². The zero-order chi connectivity index (χ0) is 25.8. The van der Waals surface area contributed by atoms with Crippen molar-refractivity contribution in [3.05, 3.63) is 83.6 Å². The summed E-state index contributed by atoms with van der Waals surface area (Å²) in [6, 6.07) is 17.4. The molecule has 0 amide bonds. The minimum absolute atomic E-state index is 0.0143. The molecule has 0 bridgehead atoms. The Morgan fingerprint density at radius 3 is 1.82 bits per heavy atom. The number of allylic oxidation sites excluding steroid dienone is 4. The van der Waals surface area contributed by atoms with Gasteiger partial charge in [-0.1, -0.05) is 56.3 Å². The van der Waals surface area contributed by atoms with Gasteiger partial charge in [0.1, 0.15) is 7.05 Å². The van der Waals surface area contributed by atoms with Gasteiger partial charge in [-0.15, -0.1) is 0 Å².